The molecule has 0 bridgehead atoms. The average molecular weight is 241 g/mol. The highest BCUT2D eigenvalue weighted by Gasteiger charge is 2.39. The second kappa shape index (κ2) is 5.09. The minimum atomic E-state index is -4.81. The van der Waals surface area contributed by atoms with Crippen molar-refractivity contribution in [3.63, 3.8) is 0 Å². The molecule has 6 heteroatoms. The second-order valence-electron chi connectivity index (χ2n) is 3.68. The smallest absolute Gasteiger partial charge is 0.261 e. The van der Waals surface area contributed by atoms with E-state index in [1.165, 1.54) is 0 Å². The van der Waals surface area contributed by atoms with Gasteiger partial charge in [0.05, 0.1) is 0 Å². The lowest BCUT2D eigenvalue weighted by Gasteiger charge is -2.21. The fourth-order valence-electron chi connectivity index (χ4n) is 1.66. The molecule has 2 nitrogen and oxygen atoms in total. The van der Waals surface area contributed by atoms with Crippen LogP contribution in [0.1, 0.15) is 32.1 Å². The van der Waals surface area contributed by atoms with Crippen molar-refractivity contribution in [2.75, 3.05) is 6.26 Å². The maximum atomic E-state index is 11.9. The van der Waals surface area contributed by atoms with Gasteiger partial charge in [0.15, 0.2) is 0 Å². The molecule has 88 valence electrons. The van der Waals surface area contributed by atoms with E-state index < -0.39 is 22.8 Å². The first kappa shape index (κ1) is 12.7. The lowest BCUT2D eigenvalue weighted by Crippen LogP contribution is -2.24. The van der Waals surface area contributed by atoms with Gasteiger partial charge in [-0.3, -0.25) is 4.79 Å². The zero-order valence-corrected chi connectivity index (χ0v) is 9.33. The number of rotatable bonds is 1. The topological polar surface area (TPSA) is 29.4 Å². The second-order valence-corrected chi connectivity index (χ2v) is 5.57. The fourth-order valence-corrected chi connectivity index (χ4v) is 3.19. The Bertz CT molecular complexity index is 269. The predicted octanol–water partition coefficient (Wildman–Crippen LogP) is 2.84. The van der Waals surface area contributed by atoms with Crippen LogP contribution in [0.25, 0.3) is 0 Å². The molecule has 0 saturated heterocycles. The summed E-state index contributed by atoms with van der Waals surface area (Å²) in [5.74, 6) is -1.93. The third-order valence-corrected chi connectivity index (χ3v) is 4.39. The SMILES string of the molecule is CS(=NC(=O)C(F)(F)F)C1CCCCC1. The van der Waals surface area contributed by atoms with Crippen LogP contribution in [-0.4, -0.2) is 23.6 Å². The molecule has 1 unspecified atom stereocenters. The molecular formula is C9H14F3NOS. The quantitative estimate of drug-likeness (QED) is 0.694. The van der Waals surface area contributed by atoms with Gasteiger partial charge in [0.2, 0.25) is 0 Å². The summed E-state index contributed by atoms with van der Waals surface area (Å²) in [4.78, 5) is 10.6. The number of carbonyl (C=O) groups is 1. The summed E-state index contributed by atoms with van der Waals surface area (Å²) in [6.45, 7) is 0. The number of alkyl halides is 3. The first-order valence-electron chi connectivity index (χ1n) is 4.89. The Morgan fingerprint density at radius 1 is 1.27 bits per heavy atom. The van der Waals surface area contributed by atoms with Gasteiger partial charge in [0.1, 0.15) is 0 Å². The van der Waals surface area contributed by atoms with Crippen LogP contribution in [0.2, 0.25) is 0 Å². The van der Waals surface area contributed by atoms with Crippen LogP contribution in [0.3, 0.4) is 0 Å². The van der Waals surface area contributed by atoms with Crippen LogP contribution in [0.4, 0.5) is 13.2 Å². The number of hydrogen-bond donors (Lipinski definition) is 0. The van der Waals surface area contributed by atoms with Crippen LogP contribution >= 0.6 is 0 Å². The molecule has 0 aromatic heterocycles. The molecular weight excluding hydrogens is 227 g/mol. The monoisotopic (exact) mass is 241 g/mol. The van der Waals surface area contributed by atoms with E-state index in [9.17, 15) is 18.0 Å². The molecule has 1 aliphatic carbocycles. The van der Waals surface area contributed by atoms with E-state index in [4.69, 9.17) is 0 Å². The number of halogens is 3. The van der Waals surface area contributed by atoms with Crippen LogP contribution in [0.15, 0.2) is 4.36 Å². The molecule has 1 atom stereocenters. The van der Waals surface area contributed by atoms with Crippen LogP contribution < -0.4 is 0 Å². The first-order chi connectivity index (χ1) is 6.91. The highest BCUT2D eigenvalue weighted by atomic mass is 32.2. The summed E-state index contributed by atoms with van der Waals surface area (Å²) >= 11 is 0. The molecule has 0 radical (unpaired) electrons. The van der Waals surface area contributed by atoms with Crippen molar-refractivity contribution in [3.05, 3.63) is 0 Å². The van der Waals surface area contributed by atoms with E-state index in [-0.39, 0.29) is 5.25 Å². The van der Waals surface area contributed by atoms with Gasteiger partial charge in [0, 0.05) is 5.25 Å². The third-order valence-electron chi connectivity index (χ3n) is 2.50. The Kier molecular flexibility index (Phi) is 4.31. The summed E-state index contributed by atoms with van der Waals surface area (Å²) in [5.41, 5.74) is 0. The molecule has 1 amide bonds. The number of hydrogen-bond acceptors (Lipinski definition) is 1. The van der Waals surface area contributed by atoms with Gasteiger partial charge in [-0.25, -0.2) is 0 Å². The van der Waals surface area contributed by atoms with E-state index in [2.05, 4.69) is 4.36 Å². The number of amides is 1. The number of nitrogens with zero attached hydrogens (tertiary/aromatic N) is 1. The van der Waals surface area contributed by atoms with E-state index in [0.717, 1.165) is 32.1 Å². The molecule has 1 saturated carbocycles. The normalized spacial score (nSPS) is 21.6. The van der Waals surface area contributed by atoms with Crippen molar-refractivity contribution in [1.29, 1.82) is 0 Å². The zero-order valence-electron chi connectivity index (χ0n) is 8.51. The van der Waals surface area contributed by atoms with Crippen LogP contribution in [0, 0.1) is 0 Å². The summed E-state index contributed by atoms with van der Waals surface area (Å²) < 4.78 is 39.0. The largest absolute Gasteiger partial charge is 0.474 e. The Hall–Kier alpha value is -0.390. The van der Waals surface area contributed by atoms with Gasteiger partial charge in [-0.05, 0) is 19.1 Å². The van der Waals surface area contributed by atoms with Crippen molar-refractivity contribution in [2.24, 2.45) is 4.36 Å². The van der Waals surface area contributed by atoms with E-state index in [1.54, 1.807) is 6.26 Å². The fraction of sp³-hybridized carbons (Fsp3) is 0.889. The summed E-state index contributed by atoms with van der Waals surface area (Å²) in [6.07, 6.45) is 1.83. The molecule has 0 aromatic carbocycles. The lowest BCUT2D eigenvalue weighted by molar-refractivity contribution is -0.169. The molecule has 0 spiro atoms. The highest BCUT2D eigenvalue weighted by molar-refractivity contribution is 7.87. The zero-order chi connectivity index (χ0) is 11.5. The Labute approximate surface area is 89.3 Å². The molecule has 15 heavy (non-hydrogen) atoms. The van der Waals surface area contributed by atoms with Crippen LogP contribution in [-0.2, 0) is 15.5 Å². The Morgan fingerprint density at radius 3 is 2.27 bits per heavy atom. The van der Waals surface area contributed by atoms with E-state index in [1.807, 2.05) is 0 Å². The third kappa shape index (κ3) is 3.93. The highest BCUT2D eigenvalue weighted by Crippen LogP contribution is 2.24. The lowest BCUT2D eigenvalue weighted by atomic mass is 10.0. The van der Waals surface area contributed by atoms with Crippen molar-refractivity contribution in [3.8, 4) is 0 Å². The van der Waals surface area contributed by atoms with Gasteiger partial charge >= 0.3 is 12.1 Å². The van der Waals surface area contributed by atoms with E-state index >= 15 is 0 Å². The van der Waals surface area contributed by atoms with Gasteiger partial charge in [-0.15, -0.1) is 0 Å². The Balaban J connectivity index is 2.62. The van der Waals surface area contributed by atoms with Gasteiger partial charge in [0.25, 0.3) is 0 Å². The van der Waals surface area contributed by atoms with Crippen molar-refractivity contribution in [2.45, 2.75) is 43.5 Å². The maximum Gasteiger partial charge on any atom is 0.474 e. The molecule has 0 heterocycles. The first-order valence-corrected chi connectivity index (χ1v) is 6.54. The van der Waals surface area contributed by atoms with Crippen molar-refractivity contribution in [1.82, 2.24) is 0 Å². The minimum absolute atomic E-state index is 0.171. The summed E-state index contributed by atoms with van der Waals surface area (Å²) in [7, 11) is -0.778. The van der Waals surface area contributed by atoms with Crippen molar-refractivity contribution >= 4 is 16.6 Å². The minimum Gasteiger partial charge on any atom is -0.261 e. The molecule has 0 aliphatic heterocycles. The molecule has 0 N–H and O–H groups in total. The van der Waals surface area contributed by atoms with Gasteiger partial charge in [-0.1, -0.05) is 30.0 Å². The molecule has 1 rings (SSSR count). The predicted molar refractivity (Wildman–Crippen MR) is 53.7 cm³/mol. The van der Waals surface area contributed by atoms with Crippen LogP contribution in [0.5, 0.6) is 0 Å². The standard InChI is InChI=1S/C9H14F3NOS/c1-15(7-5-3-2-4-6-7)13-8(14)9(10,11)12/h7H,2-6H2,1H3. The molecule has 1 fully saturated rings. The molecule has 0 aromatic rings. The Morgan fingerprint density at radius 2 is 1.80 bits per heavy atom. The summed E-state index contributed by atoms with van der Waals surface area (Å²) in [5, 5.41) is 0.171. The van der Waals surface area contributed by atoms with Gasteiger partial charge < -0.3 is 0 Å². The summed E-state index contributed by atoms with van der Waals surface area (Å²) in [6, 6.07) is 0. The maximum absolute atomic E-state index is 11.9. The molecule has 1 aliphatic rings. The average Bonchev–Trinajstić information content (AvgIpc) is 2.17. The number of carbonyl (C=O) groups excluding carboxylic acids is 1. The van der Waals surface area contributed by atoms with Crippen molar-refractivity contribution < 1.29 is 18.0 Å². The van der Waals surface area contributed by atoms with E-state index in [0.29, 0.717) is 0 Å². The van der Waals surface area contributed by atoms with Gasteiger partial charge in [-0.2, -0.15) is 17.5 Å².